The van der Waals surface area contributed by atoms with Gasteiger partial charge >= 0.3 is 0 Å². The van der Waals surface area contributed by atoms with Crippen LogP contribution < -0.4 is 10.7 Å². The second kappa shape index (κ2) is 22.4. The second-order valence-corrected chi connectivity index (χ2v) is 14.6. The van der Waals surface area contributed by atoms with Crippen molar-refractivity contribution in [2.75, 3.05) is 0 Å². The van der Waals surface area contributed by atoms with Gasteiger partial charge in [0, 0.05) is 71.9 Å². The lowest BCUT2D eigenvalue weighted by molar-refractivity contribution is 0.636. The highest BCUT2D eigenvalue weighted by atomic mass is 15.3. The van der Waals surface area contributed by atoms with Crippen LogP contribution in [0.3, 0.4) is 0 Å². The molecule has 14 rings (SSSR count). The first kappa shape index (κ1) is 42.2. The third kappa shape index (κ3) is 11.9. The number of nitrogens with one attached hydrogen (secondary N) is 5. The van der Waals surface area contributed by atoms with E-state index in [1.165, 1.54) is 10.9 Å². The van der Waals surface area contributed by atoms with Gasteiger partial charge in [0.1, 0.15) is 11.7 Å². The normalized spacial score (nSPS) is 18.1. The summed E-state index contributed by atoms with van der Waals surface area (Å²) >= 11 is 0. The molecule has 0 saturated heterocycles. The van der Waals surface area contributed by atoms with Crippen molar-refractivity contribution in [2.24, 2.45) is 21.0 Å². The number of benzene rings is 3. The SMILES string of the molecule is C1=CC2C=CNC2C=C1.C1=CC2NN=CC2N=C1.C1=Nc2ccccc2C1.c1ccc2[nH]ncc2c1.c1ccc2ncccc2c1.c1cnc2[nH]ccc2c1.c1cnc2cc[nH]c2c1. The van der Waals surface area contributed by atoms with Crippen molar-refractivity contribution in [1.29, 1.82) is 0 Å². The van der Waals surface area contributed by atoms with Gasteiger partial charge in [0.25, 0.3) is 0 Å². The number of allylic oxidation sites excluding steroid dienone is 3. The van der Waals surface area contributed by atoms with Crippen LogP contribution >= 0.6 is 0 Å². The molecule has 0 saturated carbocycles. The summed E-state index contributed by atoms with van der Waals surface area (Å²) < 4.78 is 0. The van der Waals surface area contributed by atoms with E-state index >= 15 is 0 Å². The zero-order valence-corrected chi connectivity index (χ0v) is 35.0. The van der Waals surface area contributed by atoms with Crippen LogP contribution in [0.25, 0.3) is 43.9 Å². The average Bonchev–Trinajstić information content (AvgIpc) is 4.24. The molecule has 0 bridgehead atoms. The minimum absolute atomic E-state index is 0.245. The number of aromatic nitrogens is 7. The number of aromatic amines is 3. The van der Waals surface area contributed by atoms with Gasteiger partial charge in [-0.05, 0) is 78.5 Å². The predicted molar refractivity (Wildman–Crippen MR) is 263 cm³/mol. The molecule has 10 heterocycles. The minimum Gasteiger partial charge on any atom is -0.384 e. The van der Waals surface area contributed by atoms with Crippen molar-refractivity contribution < 1.29 is 0 Å². The number of fused-ring (bicyclic) bond motifs is 7. The molecule has 0 radical (unpaired) electrons. The summed E-state index contributed by atoms with van der Waals surface area (Å²) in [6.07, 6.45) is 34.3. The van der Waals surface area contributed by atoms with Crippen molar-refractivity contribution in [2.45, 2.75) is 24.5 Å². The third-order valence-corrected chi connectivity index (χ3v) is 10.3. The van der Waals surface area contributed by atoms with Gasteiger partial charge in [-0.1, -0.05) is 97.1 Å². The van der Waals surface area contributed by atoms with Gasteiger partial charge < -0.3 is 20.7 Å². The zero-order valence-electron chi connectivity index (χ0n) is 35.0. The Bertz CT molecular complexity index is 2700. The molecule has 12 heteroatoms. The number of hydrogen-bond acceptors (Lipinski definition) is 9. The molecule has 4 unspecified atom stereocenters. The van der Waals surface area contributed by atoms with Gasteiger partial charge in [-0.2, -0.15) is 10.2 Å². The molecule has 5 N–H and O–H groups in total. The molecule has 64 heavy (non-hydrogen) atoms. The number of hydrazone groups is 1. The van der Waals surface area contributed by atoms with E-state index in [4.69, 9.17) is 0 Å². The summed E-state index contributed by atoms with van der Waals surface area (Å²) in [5.74, 6) is 0.606. The molecule has 0 fully saturated rings. The smallest absolute Gasteiger partial charge is 0.137 e. The van der Waals surface area contributed by atoms with Gasteiger partial charge in [0.15, 0.2) is 0 Å². The van der Waals surface area contributed by atoms with E-state index in [9.17, 15) is 0 Å². The van der Waals surface area contributed by atoms with E-state index in [2.05, 4.69) is 116 Å². The van der Waals surface area contributed by atoms with Crippen LogP contribution in [0.4, 0.5) is 5.69 Å². The van der Waals surface area contributed by atoms with Crippen LogP contribution in [-0.4, -0.2) is 71.9 Å². The molecule has 9 aromatic rings. The number of aliphatic imine (C=N–C) groups is 2. The van der Waals surface area contributed by atoms with E-state index in [0.29, 0.717) is 18.0 Å². The fraction of sp³-hybridized carbons (Fsp3) is 0.0962. The first-order valence-electron chi connectivity index (χ1n) is 21.1. The Kier molecular flexibility index (Phi) is 14.7. The molecule has 6 aromatic heterocycles. The molecule has 5 aliphatic rings. The number of hydrogen-bond donors (Lipinski definition) is 5. The number of pyridine rings is 3. The molecule has 1 aliphatic carbocycles. The van der Waals surface area contributed by atoms with Crippen LogP contribution in [0.1, 0.15) is 5.56 Å². The molecule has 316 valence electrons. The highest BCUT2D eigenvalue weighted by Crippen LogP contribution is 2.22. The lowest BCUT2D eigenvalue weighted by Gasteiger charge is -2.14. The summed E-state index contributed by atoms with van der Waals surface area (Å²) in [4.78, 5) is 26.8. The van der Waals surface area contributed by atoms with Gasteiger partial charge in [0.05, 0.1) is 52.2 Å². The molecule has 12 nitrogen and oxygen atoms in total. The maximum Gasteiger partial charge on any atom is 0.137 e. The predicted octanol–water partition coefficient (Wildman–Crippen LogP) is 10.0. The fourth-order valence-electron chi connectivity index (χ4n) is 6.95. The molecule has 0 spiro atoms. The Morgan fingerprint density at radius 1 is 0.562 bits per heavy atom. The van der Waals surface area contributed by atoms with Crippen molar-refractivity contribution in [1.82, 2.24) is 45.9 Å². The molecule has 4 aliphatic heterocycles. The van der Waals surface area contributed by atoms with E-state index < -0.39 is 0 Å². The zero-order chi connectivity index (χ0) is 43.4. The second-order valence-electron chi connectivity index (χ2n) is 14.6. The van der Waals surface area contributed by atoms with Gasteiger partial charge in [-0.3, -0.25) is 25.1 Å². The minimum atomic E-state index is 0.245. The van der Waals surface area contributed by atoms with Gasteiger partial charge in [-0.25, -0.2) is 4.98 Å². The highest BCUT2D eigenvalue weighted by Gasteiger charge is 2.21. The number of H-pyrrole nitrogens is 3. The lowest BCUT2D eigenvalue weighted by Crippen LogP contribution is -2.29. The molecule has 4 atom stereocenters. The van der Waals surface area contributed by atoms with E-state index in [0.717, 1.165) is 50.6 Å². The molecular formula is C52H48N12. The highest BCUT2D eigenvalue weighted by molar-refractivity contribution is 5.80. The van der Waals surface area contributed by atoms with Crippen LogP contribution in [-0.2, 0) is 6.42 Å². The Morgan fingerprint density at radius 3 is 2.14 bits per heavy atom. The summed E-state index contributed by atoms with van der Waals surface area (Å²) in [5.41, 5.74) is 10.6. The van der Waals surface area contributed by atoms with Crippen molar-refractivity contribution in [3.8, 4) is 0 Å². The van der Waals surface area contributed by atoms with Crippen molar-refractivity contribution >= 4 is 68.2 Å². The first-order valence-corrected chi connectivity index (χ1v) is 21.1. The topological polar surface area (TPSA) is 160 Å². The number of dihydropyridines is 1. The van der Waals surface area contributed by atoms with E-state index in [1.54, 1.807) is 18.6 Å². The Hall–Kier alpha value is -8.51. The van der Waals surface area contributed by atoms with Crippen LogP contribution in [0.2, 0.25) is 0 Å². The van der Waals surface area contributed by atoms with Crippen LogP contribution in [0.15, 0.2) is 222 Å². The van der Waals surface area contributed by atoms with Crippen molar-refractivity contribution in [3.05, 3.63) is 213 Å². The number of para-hydroxylation sites is 3. The van der Waals surface area contributed by atoms with Crippen molar-refractivity contribution in [3.63, 3.8) is 0 Å². The Balaban J connectivity index is 0.000000102. The maximum absolute atomic E-state index is 4.18. The summed E-state index contributed by atoms with van der Waals surface area (Å²) in [6, 6.07) is 41.2. The number of nitrogens with zero attached hydrogens (tertiary/aromatic N) is 7. The van der Waals surface area contributed by atoms with Crippen LogP contribution in [0, 0.1) is 5.92 Å². The number of rotatable bonds is 0. The first-order chi connectivity index (χ1) is 31.8. The van der Waals surface area contributed by atoms with Gasteiger partial charge in [-0.15, -0.1) is 0 Å². The molecular weight excluding hydrogens is 793 g/mol. The summed E-state index contributed by atoms with van der Waals surface area (Å²) in [5, 5.41) is 17.4. The molecule has 0 amide bonds. The monoisotopic (exact) mass is 840 g/mol. The van der Waals surface area contributed by atoms with E-state index in [1.807, 2.05) is 153 Å². The molecule has 3 aromatic carbocycles. The lowest BCUT2D eigenvalue weighted by atomic mass is 9.98. The van der Waals surface area contributed by atoms with Crippen LogP contribution in [0.5, 0.6) is 0 Å². The quantitative estimate of drug-likeness (QED) is 0.102. The standard InChI is InChI=1S/C9H7N.C8H9N.C8H7N.3C7H6N2.C6H7N3/c1-2-6-9-8(4-1)5-3-7-10-9;2*1-2-4-8-7(3-1)5-6-9-8;1-2-6-7(8-4-1)3-5-9-6;1-2-6-3-5-9-7(6)8-4-1;1-2-4-7-6(3-1)5-8-9-7;1-2-5-6(7-3-1)4-8-9-5/h1-7H;1-9H;1-4,6H,5H2;1-5,9H;2*1-5H,(H,8,9);1-6,9H. The summed E-state index contributed by atoms with van der Waals surface area (Å²) in [6.45, 7) is 0. The van der Waals surface area contributed by atoms with E-state index in [-0.39, 0.29) is 6.04 Å². The third-order valence-electron chi connectivity index (χ3n) is 10.3. The Labute approximate surface area is 371 Å². The largest absolute Gasteiger partial charge is 0.384 e. The average molecular weight is 841 g/mol. The fourth-order valence-corrected chi connectivity index (χ4v) is 6.95. The maximum atomic E-state index is 4.18. The van der Waals surface area contributed by atoms with Gasteiger partial charge in [0.2, 0.25) is 0 Å². The summed E-state index contributed by atoms with van der Waals surface area (Å²) in [7, 11) is 0. The Morgan fingerprint density at radius 2 is 1.30 bits per heavy atom.